The van der Waals surface area contributed by atoms with Crippen molar-refractivity contribution in [2.45, 2.75) is 110 Å². The van der Waals surface area contributed by atoms with Gasteiger partial charge in [-0.25, -0.2) is 0 Å². The van der Waals surface area contributed by atoms with Gasteiger partial charge in [0, 0.05) is 7.77 Å². The van der Waals surface area contributed by atoms with Crippen molar-refractivity contribution in [1.82, 2.24) is 0 Å². The van der Waals surface area contributed by atoms with E-state index in [-0.39, 0.29) is 0 Å². The summed E-state index contributed by atoms with van der Waals surface area (Å²) in [5, 5.41) is 8.60. The lowest BCUT2D eigenvalue weighted by molar-refractivity contribution is -0.137. The fourth-order valence-electron chi connectivity index (χ4n) is 2.56. The summed E-state index contributed by atoms with van der Waals surface area (Å²) in [5.41, 5.74) is 0. The van der Waals surface area contributed by atoms with E-state index in [4.69, 9.17) is 6.48 Å². The van der Waals surface area contributed by atoms with Crippen LogP contribution in [0.4, 0.5) is 0 Å². The van der Waals surface area contributed by atoms with Crippen LogP contribution in [0, 0.1) is 0 Å². The maximum Gasteiger partial charge on any atom is 0.303 e. The Hall–Kier alpha value is -0.530. The van der Waals surface area contributed by atoms with Gasteiger partial charge in [0.1, 0.15) is 0 Å². The molecule has 0 amide bonds. The number of carboxylic acids is 1. The topological polar surface area (TPSA) is 37.3 Å². The molecular weight excluding hydrogens is 248 g/mol. The minimum atomic E-state index is -0.982. The molecule has 1 unspecified atom stereocenters. The third-order valence-corrected chi connectivity index (χ3v) is 3.88. The zero-order chi connectivity index (χ0) is 15.8. The smallest absolute Gasteiger partial charge is 0.303 e. The number of carbonyl (C=O) groups is 1. The highest BCUT2D eigenvalue weighted by atomic mass is 16.4. The number of aliphatic carboxylic acids is 1. The van der Waals surface area contributed by atoms with Gasteiger partial charge in [-0.3, -0.25) is 4.79 Å². The van der Waals surface area contributed by atoms with Gasteiger partial charge in [-0.1, -0.05) is 96.8 Å². The van der Waals surface area contributed by atoms with Gasteiger partial charge in [-0.05, 0) is 6.42 Å². The molecule has 0 radical (unpaired) electrons. The lowest BCUT2D eigenvalue weighted by Crippen LogP contribution is -1.93. The van der Waals surface area contributed by atoms with E-state index in [1.807, 2.05) is 0 Å². The molecule has 0 heterocycles. The number of rotatable bonds is 16. The van der Waals surface area contributed by atoms with Crippen molar-refractivity contribution >= 4 is 5.97 Å². The summed E-state index contributed by atoms with van der Waals surface area (Å²) in [6.07, 6.45) is 17.9. The van der Waals surface area contributed by atoms with Crippen molar-refractivity contribution in [1.29, 1.82) is 0 Å². The first-order valence-electron chi connectivity index (χ1n) is 9.41. The highest BCUT2D eigenvalue weighted by Crippen LogP contribution is 2.13. The fraction of sp³-hybridized carbons (Fsp3) is 0.944. The highest BCUT2D eigenvalue weighted by Gasteiger charge is 1.97. The van der Waals surface area contributed by atoms with Gasteiger partial charge in [-0.15, -0.1) is 0 Å². The van der Waals surface area contributed by atoms with E-state index < -0.39 is 12.4 Å². The number of hydrogen-bond acceptors (Lipinski definition) is 1. The first-order valence-corrected chi connectivity index (χ1v) is 8.83. The molecule has 0 aliphatic heterocycles. The van der Waals surface area contributed by atoms with E-state index in [0.717, 1.165) is 12.8 Å². The summed E-state index contributed by atoms with van der Waals surface area (Å²) in [6, 6.07) is 0. The highest BCUT2D eigenvalue weighted by molar-refractivity contribution is 5.66. The predicted molar refractivity (Wildman–Crippen MR) is 87.2 cm³/mol. The lowest BCUT2D eigenvalue weighted by Gasteiger charge is -2.03. The SMILES string of the molecule is [2H]C(CCCCCCCCCCCCCCCC)C(=O)O. The Labute approximate surface area is 127 Å². The Bertz CT molecular complexity index is 231. The number of unbranched alkanes of at least 4 members (excludes halogenated alkanes) is 13. The zero-order valence-electron chi connectivity index (χ0n) is 14.5. The molecular formula is C18H36O2. The summed E-state index contributed by atoms with van der Waals surface area (Å²) >= 11 is 0. The van der Waals surface area contributed by atoms with Crippen molar-refractivity contribution in [3.8, 4) is 0 Å². The minimum Gasteiger partial charge on any atom is -0.481 e. The summed E-state index contributed by atoms with van der Waals surface area (Å²) in [5.74, 6) is -0.982. The molecule has 0 aromatic carbocycles. The molecule has 0 fully saturated rings. The first kappa shape index (κ1) is 17.5. The van der Waals surface area contributed by atoms with Crippen molar-refractivity contribution in [3.05, 3.63) is 0 Å². The zero-order valence-corrected chi connectivity index (χ0v) is 13.5. The standard InChI is InChI=1S/C18H36O2/c1-2-3-4-5-6-7-8-9-10-11-12-13-14-15-16-17-18(19)20/h2-17H2,1H3,(H,19,20)/i17D. The van der Waals surface area contributed by atoms with Gasteiger partial charge in [0.2, 0.25) is 0 Å². The Kier molecular flexibility index (Phi) is 14.5. The van der Waals surface area contributed by atoms with Gasteiger partial charge < -0.3 is 5.11 Å². The molecule has 2 heteroatoms. The molecule has 20 heavy (non-hydrogen) atoms. The molecule has 1 atom stereocenters. The molecule has 0 spiro atoms. The maximum absolute atomic E-state index is 10.5. The Morgan fingerprint density at radius 2 is 1.00 bits per heavy atom. The second-order valence-corrected chi connectivity index (χ2v) is 5.93. The molecule has 0 rings (SSSR count). The van der Waals surface area contributed by atoms with E-state index in [0.29, 0.717) is 6.42 Å². The molecule has 0 saturated carbocycles. The van der Waals surface area contributed by atoms with E-state index in [1.54, 1.807) is 0 Å². The first-order chi connectivity index (χ1) is 10.2. The predicted octanol–water partition coefficient (Wildman–Crippen LogP) is 6.33. The van der Waals surface area contributed by atoms with Crippen LogP contribution >= 0.6 is 0 Å². The molecule has 2 nitrogen and oxygen atoms in total. The molecule has 120 valence electrons. The summed E-state index contributed by atoms with van der Waals surface area (Å²) in [6.45, 7) is 2.26. The van der Waals surface area contributed by atoms with Crippen LogP contribution in [-0.4, -0.2) is 11.1 Å². The second kappa shape index (κ2) is 16.5. The monoisotopic (exact) mass is 285 g/mol. The van der Waals surface area contributed by atoms with Crippen LogP contribution in [0.1, 0.15) is 111 Å². The van der Waals surface area contributed by atoms with Crippen LogP contribution < -0.4 is 0 Å². The normalized spacial score (nSPS) is 13.2. The Morgan fingerprint density at radius 1 is 0.700 bits per heavy atom. The van der Waals surface area contributed by atoms with E-state index >= 15 is 0 Å². The van der Waals surface area contributed by atoms with Crippen LogP contribution in [0.5, 0.6) is 0 Å². The van der Waals surface area contributed by atoms with Crippen molar-refractivity contribution in [2.75, 3.05) is 0 Å². The Balaban J connectivity index is 3.04. The summed E-state index contributed by atoms with van der Waals surface area (Å²) < 4.78 is 7.29. The minimum absolute atomic E-state index is 0.507. The van der Waals surface area contributed by atoms with Crippen LogP contribution in [0.25, 0.3) is 0 Å². The average Bonchev–Trinajstić information content (AvgIpc) is 2.47. The largest absolute Gasteiger partial charge is 0.481 e. The lowest BCUT2D eigenvalue weighted by atomic mass is 10.0. The maximum atomic E-state index is 10.5. The molecule has 0 aromatic heterocycles. The van der Waals surface area contributed by atoms with Crippen molar-refractivity contribution < 1.29 is 11.3 Å². The molecule has 1 N–H and O–H groups in total. The summed E-state index contributed by atoms with van der Waals surface area (Å²) in [7, 11) is 0. The van der Waals surface area contributed by atoms with Gasteiger partial charge in [0.25, 0.3) is 0 Å². The van der Waals surface area contributed by atoms with Crippen LogP contribution in [0.2, 0.25) is 0 Å². The third-order valence-electron chi connectivity index (χ3n) is 3.88. The van der Waals surface area contributed by atoms with Gasteiger partial charge in [0.15, 0.2) is 0 Å². The fourth-order valence-corrected chi connectivity index (χ4v) is 2.56. The van der Waals surface area contributed by atoms with E-state index in [1.165, 1.54) is 77.0 Å². The number of carboxylic acid groups (broad SMARTS) is 1. The molecule has 0 saturated heterocycles. The number of hydrogen-bond donors (Lipinski definition) is 1. The van der Waals surface area contributed by atoms with E-state index in [2.05, 4.69) is 6.92 Å². The molecule has 0 aromatic rings. The third kappa shape index (κ3) is 17.5. The van der Waals surface area contributed by atoms with Crippen LogP contribution in [-0.2, 0) is 4.79 Å². The Morgan fingerprint density at radius 3 is 1.30 bits per heavy atom. The quantitative estimate of drug-likeness (QED) is 0.336. The summed E-state index contributed by atoms with van der Waals surface area (Å²) in [4.78, 5) is 10.5. The molecule has 0 aliphatic carbocycles. The van der Waals surface area contributed by atoms with Crippen LogP contribution in [0.15, 0.2) is 0 Å². The van der Waals surface area contributed by atoms with Crippen molar-refractivity contribution in [3.63, 3.8) is 0 Å². The molecule has 0 aliphatic rings. The second-order valence-electron chi connectivity index (χ2n) is 5.93. The van der Waals surface area contributed by atoms with Gasteiger partial charge in [0.05, 0.1) is 0 Å². The average molecular weight is 285 g/mol. The van der Waals surface area contributed by atoms with E-state index in [9.17, 15) is 4.79 Å². The van der Waals surface area contributed by atoms with Crippen molar-refractivity contribution in [2.24, 2.45) is 0 Å². The molecule has 0 bridgehead atoms. The van der Waals surface area contributed by atoms with Gasteiger partial charge >= 0.3 is 5.97 Å². The van der Waals surface area contributed by atoms with Gasteiger partial charge in [-0.2, -0.15) is 0 Å². The van der Waals surface area contributed by atoms with Crippen LogP contribution in [0.3, 0.4) is 0 Å².